The molecule has 7 nitrogen and oxygen atoms in total. The van der Waals surface area contributed by atoms with Crippen molar-refractivity contribution in [3.05, 3.63) is 16.7 Å². The molecule has 1 N–H and O–H groups in total. The van der Waals surface area contributed by atoms with E-state index in [1.165, 1.54) is 0 Å². The molecule has 22 heavy (non-hydrogen) atoms. The third kappa shape index (κ3) is 2.61. The van der Waals surface area contributed by atoms with Crippen LogP contribution in [0.3, 0.4) is 0 Å². The maximum atomic E-state index is 12.7. The monoisotopic (exact) mass is 305 g/mol. The Bertz CT molecular complexity index is 735. The van der Waals surface area contributed by atoms with Crippen molar-refractivity contribution in [1.82, 2.24) is 19.1 Å². The van der Waals surface area contributed by atoms with Crippen molar-refractivity contribution in [2.24, 2.45) is 7.05 Å². The first kappa shape index (κ1) is 15.0. The molecule has 1 aliphatic rings. The Labute approximate surface area is 129 Å². The van der Waals surface area contributed by atoms with E-state index in [-0.39, 0.29) is 11.1 Å². The number of hydrogen-bond donors (Lipinski definition) is 1. The quantitative estimate of drug-likeness (QED) is 0.909. The van der Waals surface area contributed by atoms with Crippen LogP contribution in [0.5, 0.6) is 0 Å². The highest BCUT2D eigenvalue weighted by Gasteiger charge is 2.22. The molecule has 0 atom stereocenters. The predicted octanol–water partition coefficient (Wildman–Crippen LogP) is 1.48. The summed E-state index contributed by atoms with van der Waals surface area (Å²) in [6.07, 6.45) is 3.47. The second-order valence-corrected chi connectivity index (χ2v) is 6.79. The molecular formula is C15H23N5O2. The predicted molar refractivity (Wildman–Crippen MR) is 85.2 cm³/mol. The molecule has 0 aromatic carbocycles. The molecule has 0 unspecified atom stereocenters. The second-order valence-electron chi connectivity index (χ2n) is 6.79. The number of aryl methyl sites for hydroxylation is 1. The van der Waals surface area contributed by atoms with Gasteiger partial charge in [-0.05, 0) is 33.6 Å². The van der Waals surface area contributed by atoms with Crippen LogP contribution in [0.1, 0.15) is 33.6 Å². The van der Waals surface area contributed by atoms with Gasteiger partial charge in [0.05, 0.1) is 0 Å². The highest BCUT2D eigenvalue weighted by Crippen LogP contribution is 2.18. The van der Waals surface area contributed by atoms with Gasteiger partial charge in [0.15, 0.2) is 11.2 Å². The van der Waals surface area contributed by atoms with Crippen LogP contribution in [0.15, 0.2) is 11.1 Å². The van der Waals surface area contributed by atoms with Gasteiger partial charge in [0.2, 0.25) is 5.95 Å². The van der Waals surface area contributed by atoms with Gasteiger partial charge in [0.1, 0.15) is 6.33 Å². The van der Waals surface area contributed by atoms with Crippen LogP contribution in [0.2, 0.25) is 0 Å². The van der Waals surface area contributed by atoms with E-state index in [2.05, 4.69) is 15.3 Å². The Morgan fingerprint density at radius 1 is 1.32 bits per heavy atom. The summed E-state index contributed by atoms with van der Waals surface area (Å²) in [5.74, 6) is 0.693. The molecule has 120 valence electrons. The van der Waals surface area contributed by atoms with Gasteiger partial charge in [-0.25, -0.2) is 4.98 Å². The van der Waals surface area contributed by atoms with Crippen LogP contribution in [0.25, 0.3) is 11.2 Å². The van der Waals surface area contributed by atoms with E-state index < -0.39 is 0 Å². The first-order valence-electron chi connectivity index (χ1n) is 7.67. The van der Waals surface area contributed by atoms with Gasteiger partial charge in [0, 0.05) is 31.8 Å². The molecule has 0 bridgehead atoms. The van der Waals surface area contributed by atoms with E-state index in [4.69, 9.17) is 4.74 Å². The standard InChI is InChI=1S/C15H23N5O2/c1-15(2,3)20-9-16-12-11(13(20)21)19(4)14(18-12)17-10-5-7-22-8-6-10/h9-10H,5-8H2,1-4H3,(H,17,18). The molecule has 0 spiro atoms. The molecule has 0 radical (unpaired) electrons. The van der Waals surface area contributed by atoms with Crippen molar-refractivity contribution >= 4 is 17.1 Å². The van der Waals surface area contributed by atoms with Crippen molar-refractivity contribution in [3.63, 3.8) is 0 Å². The van der Waals surface area contributed by atoms with Crippen LogP contribution in [-0.4, -0.2) is 38.4 Å². The van der Waals surface area contributed by atoms with Gasteiger partial charge in [-0.2, -0.15) is 4.98 Å². The molecule has 2 aromatic heterocycles. The second kappa shape index (κ2) is 5.39. The summed E-state index contributed by atoms with van der Waals surface area (Å²) in [5, 5.41) is 3.41. The summed E-state index contributed by atoms with van der Waals surface area (Å²) in [4.78, 5) is 21.5. The number of nitrogens with zero attached hydrogens (tertiary/aromatic N) is 4. The highest BCUT2D eigenvalue weighted by atomic mass is 16.5. The van der Waals surface area contributed by atoms with E-state index in [1.807, 2.05) is 32.4 Å². The molecule has 0 aliphatic carbocycles. The van der Waals surface area contributed by atoms with Crippen molar-refractivity contribution in [2.75, 3.05) is 18.5 Å². The molecule has 1 fully saturated rings. The maximum Gasteiger partial charge on any atom is 0.280 e. The molecule has 0 amide bonds. The van der Waals surface area contributed by atoms with Crippen molar-refractivity contribution in [1.29, 1.82) is 0 Å². The molecule has 3 heterocycles. The number of aromatic nitrogens is 4. The summed E-state index contributed by atoms with van der Waals surface area (Å²) >= 11 is 0. The molecule has 3 rings (SSSR count). The first-order chi connectivity index (χ1) is 10.4. The van der Waals surface area contributed by atoms with Crippen molar-refractivity contribution in [2.45, 2.75) is 45.2 Å². The first-order valence-corrected chi connectivity index (χ1v) is 7.67. The lowest BCUT2D eigenvalue weighted by Crippen LogP contribution is -2.34. The van der Waals surface area contributed by atoms with Gasteiger partial charge >= 0.3 is 0 Å². The number of imidazole rings is 1. The van der Waals surface area contributed by atoms with Gasteiger partial charge in [-0.3, -0.25) is 9.36 Å². The number of anilines is 1. The fraction of sp³-hybridized carbons (Fsp3) is 0.667. The Morgan fingerprint density at radius 3 is 2.64 bits per heavy atom. The van der Waals surface area contributed by atoms with E-state index >= 15 is 0 Å². The summed E-state index contributed by atoms with van der Waals surface area (Å²) in [6.45, 7) is 7.48. The van der Waals surface area contributed by atoms with Crippen LogP contribution >= 0.6 is 0 Å². The molecule has 0 saturated carbocycles. The average Bonchev–Trinajstić information content (AvgIpc) is 2.76. The zero-order chi connectivity index (χ0) is 15.9. The fourth-order valence-corrected chi connectivity index (χ4v) is 2.72. The summed E-state index contributed by atoms with van der Waals surface area (Å²) in [5.41, 5.74) is 0.652. The van der Waals surface area contributed by atoms with Crippen LogP contribution in [0.4, 0.5) is 5.95 Å². The molecular weight excluding hydrogens is 282 g/mol. The minimum Gasteiger partial charge on any atom is -0.381 e. The van der Waals surface area contributed by atoms with Crippen LogP contribution < -0.4 is 10.9 Å². The Hall–Kier alpha value is -1.89. The zero-order valence-electron chi connectivity index (χ0n) is 13.6. The Balaban J connectivity index is 2.02. The summed E-state index contributed by atoms with van der Waals surface area (Å²) in [6, 6.07) is 0.328. The van der Waals surface area contributed by atoms with E-state index in [1.54, 1.807) is 10.9 Å². The third-order valence-corrected chi connectivity index (χ3v) is 4.07. The largest absolute Gasteiger partial charge is 0.381 e. The fourth-order valence-electron chi connectivity index (χ4n) is 2.72. The van der Waals surface area contributed by atoms with Crippen LogP contribution in [0, 0.1) is 0 Å². The normalized spacial score (nSPS) is 17.1. The highest BCUT2D eigenvalue weighted by molar-refractivity contribution is 5.73. The average molecular weight is 305 g/mol. The van der Waals surface area contributed by atoms with Crippen LogP contribution in [-0.2, 0) is 17.3 Å². The third-order valence-electron chi connectivity index (χ3n) is 4.07. The molecule has 2 aromatic rings. The number of fused-ring (bicyclic) bond motifs is 1. The molecule has 7 heteroatoms. The van der Waals surface area contributed by atoms with Gasteiger partial charge < -0.3 is 14.6 Å². The lowest BCUT2D eigenvalue weighted by molar-refractivity contribution is 0.0902. The SMILES string of the molecule is Cn1c(NC2CCOCC2)nc2ncn(C(C)(C)C)c(=O)c21. The Morgan fingerprint density at radius 2 is 2.00 bits per heavy atom. The lowest BCUT2D eigenvalue weighted by Gasteiger charge is -2.23. The topological polar surface area (TPSA) is 74.0 Å². The van der Waals surface area contributed by atoms with E-state index in [0.717, 1.165) is 26.1 Å². The van der Waals surface area contributed by atoms with Gasteiger partial charge in [0.25, 0.3) is 5.56 Å². The number of nitrogens with one attached hydrogen (secondary N) is 1. The smallest absolute Gasteiger partial charge is 0.280 e. The van der Waals surface area contributed by atoms with E-state index in [9.17, 15) is 4.79 Å². The van der Waals surface area contributed by atoms with Crippen molar-refractivity contribution < 1.29 is 4.74 Å². The maximum absolute atomic E-state index is 12.7. The molecule has 1 aliphatic heterocycles. The minimum atomic E-state index is -0.309. The number of ether oxygens (including phenoxy) is 1. The summed E-state index contributed by atoms with van der Waals surface area (Å²) < 4.78 is 8.82. The number of rotatable bonds is 2. The summed E-state index contributed by atoms with van der Waals surface area (Å²) in [7, 11) is 1.85. The van der Waals surface area contributed by atoms with Gasteiger partial charge in [-0.15, -0.1) is 0 Å². The number of hydrogen-bond acceptors (Lipinski definition) is 5. The minimum absolute atomic E-state index is 0.0625. The van der Waals surface area contributed by atoms with Gasteiger partial charge in [-0.1, -0.05) is 0 Å². The zero-order valence-corrected chi connectivity index (χ0v) is 13.6. The molecule has 1 saturated heterocycles. The Kier molecular flexibility index (Phi) is 3.68. The van der Waals surface area contributed by atoms with E-state index in [0.29, 0.717) is 23.2 Å². The van der Waals surface area contributed by atoms with Crippen molar-refractivity contribution in [3.8, 4) is 0 Å². The lowest BCUT2D eigenvalue weighted by atomic mass is 10.1.